The van der Waals surface area contributed by atoms with E-state index in [1.807, 2.05) is 100 Å². The van der Waals surface area contributed by atoms with Crippen LogP contribution in [0, 0.1) is 13.8 Å². The Labute approximate surface area is 384 Å². The first kappa shape index (κ1) is 47.0. The van der Waals surface area contributed by atoms with E-state index in [4.69, 9.17) is 13.7 Å². The van der Waals surface area contributed by atoms with Crippen LogP contribution in [0.15, 0.2) is 108 Å². The smallest absolute Gasteiger partial charge is 1.00 e. The maximum Gasteiger partial charge on any atom is 1.00 e. The van der Waals surface area contributed by atoms with E-state index in [0.29, 0.717) is 38.9 Å². The molecule has 2 heterocycles. The van der Waals surface area contributed by atoms with Crippen molar-refractivity contribution in [2.75, 3.05) is 0 Å². The Balaban J connectivity index is 0.00000310. The van der Waals surface area contributed by atoms with Gasteiger partial charge in [0.05, 0.1) is 11.6 Å². The molecule has 12 nitrogen and oxygen atoms in total. The van der Waals surface area contributed by atoms with Crippen LogP contribution in [0.25, 0.3) is 21.9 Å². The zero-order valence-electron chi connectivity index (χ0n) is 36.2. The van der Waals surface area contributed by atoms with Gasteiger partial charge in [-0.05, 0) is 74.2 Å². The predicted molar refractivity (Wildman–Crippen MR) is 216 cm³/mol. The van der Waals surface area contributed by atoms with E-state index in [9.17, 15) is 28.7 Å². The average Bonchev–Trinajstić information content (AvgIpc) is 3.71. The summed E-state index contributed by atoms with van der Waals surface area (Å²) in [6.45, 7) is 10.5. The zero-order valence-corrected chi connectivity index (χ0v) is 39.1. The summed E-state index contributed by atoms with van der Waals surface area (Å²) in [5, 5.41) is 7.42. The van der Waals surface area contributed by atoms with Gasteiger partial charge in [-0.1, -0.05) is 86.6 Å². The maximum atomic E-state index is 14.3. The molecule has 6 aromatic rings. The summed E-state index contributed by atoms with van der Waals surface area (Å²) in [5.74, 6) is -0.319. The average molecular weight is 828 g/mol. The number of aryl methyl sites for hydroxylation is 2. The van der Waals surface area contributed by atoms with Gasteiger partial charge >= 0.3 is 73.0 Å². The number of carbonyl (C=O) groups excluding carboxylic acids is 3. The van der Waals surface area contributed by atoms with E-state index in [2.05, 4.69) is 10.6 Å². The fraction of sp³-hybridized carbons (Fsp3) is 0.279. The van der Waals surface area contributed by atoms with Crippen LogP contribution >= 0.6 is 7.82 Å². The molecule has 2 amide bonds. The Morgan fingerprint density at radius 2 is 1.57 bits per heavy atom. The summed E-state index contributed by atoms with van der Waals surface area (Å²) in [6.07, 6.45) is 0.761. The quantitative estimate of drug-likeness (QED) is 0.101. The van der Waals surface area contributed by atoms with Crippen molar-refractivity contribution in [1.82, 2.24) is 15.2 Å². The Bertz CT molecular complexity index is 2460. The summed E-state index contributed by atoms with van der Waals surface area (Å²) in [6, 6.07) is 29.0. The van der Waals surface area contributed by atoms with Crippen LogP contribution in [0.2, 0.25) is 0 Å². The van der Waals surface area contributed by atoms with Gasteiger partial charge in [-0.25, -0.2) is 9.36 Å². The minimum atomic E-state index is -4.90. The van der Waals surface area contributed by atoms with Gasteiger partial charge in [0.15, 0.2) is 6.61 Å². The van der Waals surface area contributed by atoms with Crippen molar-refractivity contribution in [3.63, 3.8) is 0 Å². The number of phosphoric acid groups is 1. The number of amides is 2. The van der Waals surface area contributed by atoms with Crippen molar-refractivity contribution in [2.24, 2.45) is 0 Å². The largest absolute Gasteiger partial charge is 1.00 e. The number of hydrogen-bond donors (Lipinski definition) is 4. The number of alkyl carbamates (subject to hydrolysis) is 1. The van der Waals surface area contributed by atoms with E-state index in [-0.39, 0.29) is 93.1 Å². The number of carbonyl (C=O) groups is 3. The molecule has 2 atom stereocenters. The molecule has 0 aliphatic carbocycles. The molecule has 0 saturated carbocycles. The molecule has 4 aromatic carbocycles. The van der Waals surface area contributed by atoms with Crippen LogP contribution in [-0.4, -0.2) is 37.8 Å². The van der Waals surface area contributed by atoms with Gasteiger partial charge in [0.25, 0.3) is 0 Å². The van der Waals surface area contributed by atoms with Crippen molar-refractivity contribution in [3.05, 3.63) is 137 Å². The van der Waals surface area contributed by atoms with Gasteiger partial charge in [-0.2, -0.15) is 0 Å². The molecule has 2 unspecified atom stereocenters. The van der Waals surface area contributed by atoms with Gasteiger partial charge in [0, 0.05) is 40.8 Å². The van der Waals surface area contributed by atoms with Crippen molar-refractivity contribution in [1.29, 1.82) is 0 Å². The van der Waals surface area contributed by atoms with E-state index in [1.54, 1.807) is 44.3 Å². The molecule has 0 aliphatic rings. The number of aromatic nitrogens is 1. The molecular weight excluding hydrogens is 779 g/mol. The SMILES string of the molecule is Cc1cc(C)c(C(C)(C)CC(=O)n2cc(CC(C)(NC(=O)OCc3cc4ccccc4o3)C(=O)NC(C)c3ccccc3)c3ccccc32)c(OP(=O)(O)O)c1.[H-].[H-].[Na+].[Na+]. The number of hydrogen-bond acceptors (Lipinski definition) is 7. The van der Waals surface area contributed by atoms with Crippen LogP contribution in [0.4, 0.5) is 4.79 Å². The fourth-order valence-electron chi connectivity index (χ4n) is 7.39. The second kappa shape index (κ2) is 19.1. The number of para-hydroxylation sites is 2. The second-order valence-corrected chi connectivity index (χ2v) is 16.3. The monoisotopic (exact) mass is 827 g/mol. The molecule has 58 heavy (non-hydrogen) atoms. The molecule has 6 rings (SSSR count). The van der Waals surface area contributed by atoms with Gasteiger partial charge in [0.2, 0.25) is 11.8 Å². The standard InChI is InChI=1S/C43H46N3O9P.2Na.2H/c1-27-20-28(2)39(37(21-27)55-56(50,51)52)42(4,5)24-38(47)46-25-32(34-17-11-12-18-35(34)46)23-43(6,40(48)44-29(3)30-14-8-7-9-15-30)45-41(49)53-26-33-22-31-16-10-13-19-36(31)54-33;;;;/h7-22,25,29H,23-24,26H2,1-6H3,(H,44,48)(H,45,49)(H2,50,51,52);;;;/q;2*+1;2*-1. The van der Waals surface area contributed by atoms with E-state index in [0.717, 1.165) is 16.5 Å². The summed E-state index contributed by atoms with van der Waals surface area (Å²) < 4.78 is 29.9. The molecule has 0 aliphatic heterocycles. The predicted octanol–water partition coefficient (Wildman–Crippen LogP) is 2.82. The molecule has 296 valence electrons. The maximum absolute atomic E-state index is 14.3. The number of rotatable bonds is 13. The minimum absolute atomic E-state index is 0. The van der Waals surface area contributed by atoms with Crippen molar-refractivity contribution in [2.45, 2.75) is 78.0 Å². The molecule has 0 fully saturated rings. The number of benzene rings is 4. The number of ether oxygens (including phenoxy) is 1. The molecule has 4 N–H and O–H groups in total. The van der Waals surface area contributed by atoms with E-state index < -0.39 is 36.8 Å². The van der Waals surface area contributed by atoms with Crippen molar-refractivity contribution >= 4 is 47.6 Å². The summed E-state index contributed by atoms with van der Waals surface area (Å²) in [7, 11) is -4.90. The summed E-state index contributed by atoms with van der Waals surface area (Å²) in [5.41, 5.74) is 2.21. The topological polar surface area (TPSA) is 169 Å². The first-order valence-corrected chi connectivity index (χ1v) is 19.7. The first-order valence-electron chi connectivity index (χ1n) is 18.2. The van der Waals surface area contributed by atoms with E-state index >= 15 is 0 Å². The molecule has 15 heteroatoms. The second-order valence-electron chi connectivity index (χ2n) is 15.1. The normalized spacial score (nSPS) is 13.1. The van der Waals surface area contributed by atoms with Crippen molar-refractivity contribution < 1.29 is 104 Å². The van der Waals surface area contributed by atoms with Crippen LogP contribution in [0.3, 0.4) is 0 Å². The minimum Gasteiger partial charge on any atom is -1.00 e. The molecule has 2 aromatic heterocycles. The van der Waals surface area contributed by atoms with Crippen LogP contribution < -0.4 is 74.3 Å². The molecule has 0 saturated heterocycles. The summed E-state index contributed by atoms with van der Waals surface area (Å²) in [4.78, 5) is 61.3. The number of furan rings is 1. The first-order chi connectivity index (χ1) is 26.4. The number of fused-ring (bicyclic) bond motifs is 2. The number of phosphoric ester groups is 1. The fourth-order valence-corrected chi connectivity index (χ4v) is 7.79. The van der Waals surface area contributed by atoms with Gasteiger partial charge in [0.1, 0.15) is 22.6 Å². The number of nitrogens with one attached hydrogen (secondary N) is 2. The van der Waals surface area contributed by atoms with Crippen molar-refractivity contribution in [3.8, 4) is 5.75 Å². The Morgan fingerprint density at radius 3 is 2.26 bits per heavy atom. The third kappa shape index (κ3) is 11.1. The van der Waals surface area contributed by atoms with Crippen LogP contribution in [0.5, 0.6) is 5.75 Å². The third-order valence-corrected chi connectivity index (χ3v) is 10.3. The third-order valence-electron chi connectivity index (χ3n) is 9.89. The molecule has 0 bridgehead atoms. The molecule has 0 radical (unpaired) electrons. The van der Waals surface area contributed by atoms with Gasteiger partial charge in [-0.15, -0.1) is 0 Å². The molecular formula is C43H48N3Na2O9P. The Kier molecular flexibility index (Phi) is 15.5. The Morgan fingerprint density at radius 1 is 0.914 bits per heavy atom. The molecule has 0 spiro atoms. The van der Waals surface area contributed by atoms with Gasteiger partial charge in [-0.3, -0.25) is 23.9 Å². The summed E-state index contributed by atoms with van der Waals surface area (Å²) >= 11 is 0. The van der Waals surface area contributed by atoms with Crippen LogP contribution in [-0.2, 0) is 32.5 Å². The van der Waals surface area contributed by atoms with E-state index in [1.165, 1.54) is 4.57 Å². The zero-order chi connectivity index (χ0) is 40.4. The van der Waals surface area contributed by atoms with Crippen LogP contribution in [0.1, 0.15) is 81.4 Å². The van der Waals surface area contributed by atoms with Gasteiger partial charge < -0.3 is 27.2 Å². The number of nitrogens with zero attached hydrogens (tertiary/aromatic N) is 1. The Hall–Kier alpha value is -3.68.